The van der Waals surface area contributed by atoms with E-state index in [4.69, 9.17) is 0 Å². The molecule has 1 aromatic rings. The Hall–Kier alpha value is -0.890. The molecule has 1 nitrogen and oxygen atoms in total. The largest absolute Gasteiger partial charge is 0.388 e. The molecule has 1 aromatic carbocycles. The molecule has 1 unspecified atom stereocenters. The molecule has 0 bridgehead atoms. The van der Waals surface area contributed by atoms with Gasteiger partial charge in [0.25, 0.3) is 0 Å². The standard InChI is InChI=1S/C11H13FO/c1-7-2-5-11(13)10-6-8(12)3-4-9(7)10/h3-4,6-7,11,13H,2,5H2,1H3/t7?,11-/m1/s1. The Kier molecular flexibility index (Phi) is 2.08. The van der Waals surface area contributed by atoms with Crippen molar-refractivity contribution in [3.8, 4) is 0 Å². The lowest BCUT2D eigenvalue weighted by Gasteiger charge is -2.26. The maximum Gasteiger partial charge on any atom is 0.123 e. The summed E-state index contributed by atoms with van der Waals surface area (Å²) in [6.45, 7) is 2.11. The molecule has 2 heteroatoms. The van der Waals surface area contributed by atoms with Crippen LogP contribution in [-0.2, 0) is 0 Å². The minimum absolute atomic E-state index is 0.257. The number of aliphatic hydroxyl groups is 1. The number of benzene rings is 1. The van der Waals surface area contributed by atoms with Gasteiger partial charge < -0.3 is 5.11 Å². The average molecular weight is 180 g/mol. The molecule has 0 heterocycles. The van der Waals surface area contributed by atoms with E-state index >= 15 is 0 Å². The zero-order valence-electron chi connectivity index (χ0n) is 7.63. The fraction of sp³-hybridized carbons (Fsp3) is 0.455. The van der Waals surface area contributed by atoms with Crippen LogP contribution in [0.2, 0.25) is 0 Å². The van der Waals surface area contributed by atoms with Crippen LogP contribution in [0.1, 0.15) is 42.9 Å². The molecule has 0 aromatic heterocycles. The minimum atomic E-state index is -0.470. The van der Waals surface area contributed by atoms with Crippen LogP contribution in [-0.4, -0.2) is 5.11 Å². The number of fused-ring (bicyclic) bond motifs is 1. The van der Waals surface area contributed by atoms with Gasteiger partial charge in [0.15, 0.2) is 0 Å². The molecule has 1 aliphatic carbocycles. The number of hydrogen-bond acceptors (Lipinski definition) is 1. The van der Waals surface area contributed by atoms with Crippen molar-refractivity contribution in [1.29, 1.82) is 0 Å². The topological polar surface area (TPSA) is 20.2 Å². The third-order valence-corrected chi connectivity index (χ3v) is 2.81. The Bertz CT molecular complexity index is 322. The molecule has 0 radical (unpaired) electrons. The normalized spacial score (nSPS) is 27.0. The van der Waals surface area contributed by atoms with E-state index in [2.05, 4.69) is 6.92 Å². The Morgan fingerprint density at radius 2 is 2.08 bits per heavy atom. The first-order valence-corrected chi connectivity index (χ1v) is 4.66. The van der Waals surface area contributed by atoms with Crippen molar-refractivity contribution >= 4 is 0 Å². The Balaban J connectivity index is 2.50. The van der Waals surface area contributed by atoms with Crippen molar-refractivity contribution in [3.63, 3.8) is 0 Å². The Morgan fingerprint density at radius 1 is 1.31 bits per heavy atom. The minimum Gasteiger partial charge on any atom is -0.388 e. The quantitative estimate of drug-likeness (QED) is 0.650. The summed E-state index contributed by atoms with van der Waals surface area (Å²) in [5.41, 5.74) is 1.87. The summed E-state index contributed by atoms with van der Waals surface area (Å²) < 4.78 is 12.9. The van der Waals surface area contributed by atoms with Gasteiger partial charge in [-0.1, -0.05) is 13.0 Å². The lowest BCUT2D eigenvalue weighted by molar-refractivity contribution is 0.151. The molecule has 13 heavy (non-hydrogen) atoms. The Labute approximate surface area is 77.2 Å². The molecule has 2 rings (SSSR count). The van der Waals surface area contributed by atoms with Crippen molar-refractivity contribution < 1.29 is 9.50 Å². The van der Waals surface area contributed by atoms with E-state index in [1.165, 1.54) is 12.1 Å². The second-order valence-electron chi connectivity index (χ2n) is 3.77. The SMILES string of the molecule is CC1CC[C@@H](O)c2cc(F)ccc21. The highest BCUT2D eigenvalue weighted by atomic mass is 19.1. The smallest absolute Gasteiger partial charge is 0.123 e. The second-order valence-corrected chi connectivity index (χ2v) is 3.77. The summed E-state index contributed by atoms with van der Waals surface area (Å²) >= 11 is 0. The lowest BCUT2D eigenvalue weighted by Crippen LogP contribution is -2.12. The molecule has 1 aliphatic rings. The third kappa shape index (κ3) is 1.46. The number of hydrogen-bond donors (Lipinski definition) is 1. The predicted octanol–water partition coefficient (Wildman–Crippen LogP) is 2.76. The van der Waals surface area contributed by atoms with Crippen molar-refractivity contribution in [2.75, 3.05) is 0 Å². The van der Waals surface area contributed by atoms with Gasteiger partial charge in [-0.2, -0.15) is 0 Å². The molecule has 0 saturated heterocycles. The number of halogens is 1. The first-order chi connectivity index (χ1) is 6.18. The summed E-state index contributed by atoms with van der Waals surface area (Å²) in [6, 6.07) is 4.71. The highest BCUT2D eigenvalue weighted by Crippen LogP contribution is 2.37. The second kappa shape index (κ2) is 3.11. The molecule has 0 fully saturated rings. The third-order valence-electron chi connectivity index (χ3n) is 2.81. The van der Waals surface area contributed by atoms with Crippen LogP contribution in [0.5, 0.6) is 0 Å². The van der Waals surface area contributed by atoms with Gasteiger partial charge in [0, 0.05) is 0 Å². The van der Waals surface area contributed by atoms with Crippen LogP contribution in [0.3, 0.4) is 0 Å². The lowest BCUT2D eigenvalue weighted by atomic mass is 9.82. The Morgan fingerprint density at radius 3 is 2.85 bits per heavy atom. The summed E-state index contributed by atoms with van der Waals surface area (Å²) in [5, 5.41) is 9.64. The number of aliphatic hydroxyl groups excluding tert-OH is 1. The first kappa shape index (κ1) is 8.70. The van der Waals surface area contributed by atoms with E-state index in [0.29, 0.717) is 5.92 Å². The van der Waals surface area contributed by atoms with Crippen LogP contribution < -0.4 is 0 Å². The van der Waals surface area contributed by atoms with Crippen LogP contribution in [0.4, 0.5) is 4.39 Å². The maximum atomic E-state index is 12.9. The zero-order valence-corrected chi connectivity index (χ0v) is 7.63. The van der Waals surface area contributed by atoms with E-state index in [1.54, 1.807) is 6.07 Å². The molecule has 70 valence electrons. The molecule has 0 aliphatic heterocycles. The summed E-state index contributed by atoms with van der Waals surface area (Å²) in [7, 11) is 0. The monoisotopic (exact) mass is 180 g/mol. The van der Waals surface area contributed by atoms with Crippen molar-refractivity contribution in [2.45, 2.75) is 31.8 Å². The highest BCUT2D eigenvalue weighted by molar-refractivity contribution is 5.34. The summed E-state index contributed by atoms with van der Waals surface area (Å²) in [6.07, 6.45) is 1.26. The van der Waals surface area contributed by atoms with Gasteiger partial charge in [-0.15, -0.1) is 0 Å². The first-order valence-electron chi connectivity index (χ1n) is 4.66. The van der Waals surface area contributed by atoms with E-state index in [0.717, 1.165) is 24.0 Å². The van der Waals surface area contributed by atoms with Gasteiger partial charge in [-0.3, -0.25) is 0 Å². The van der Waals surface area contributed by atoms with E-state index < -0.39 is 6.10 Å². The molecule has 0 spiro atoms. The molecule has 2 atom stereocenters. The fourth-order valence-corrected chi connectivity index (χ4v) is 2.00. The van der Waals surface area contributed by atoms with Crippen LogP contribution in [0.15, 0.2) is 18.2 Å². The van der Waals surface area contributed by atoms with Crippen molar-refractivity contribution in [1.82, 2.24) is 0 Å². The van der Waals surface area contributed by atoms with Crippen LogP contribution >= 0.6 is 0 Å². The van der Waals surface area contributed by atoms with Gasteiger partial charge in [-0.05, 0) is 42.0 Å². The molecule has 1 N–H and O–H groups in total. The van der Waals surface area contributed by atoms with E-state index in [1.807, 2.05) is 0 Å². The zero-order chi connectivity index (χ0) is 9.42. The molecule has 0 saturated carbocycles. The fourth-order valence-electron chi connectivity index (χ4n) is 2.00. The van der Waals surface area contributed by atoms with E-state index in [9.17, 15) is 9.50 Å². The predicted molar refractivity (Wildman–Crippen MR) is 49.0 cm³/mol. The molecular weight excluding hydrogens is 167 g/mol. The van der Waals surface area contributed by atoms with Crippen LogP contribution in [0.25, 0.3) is 0 Å². The molecule has 0 amide bonds. The number of rotatable bonds is 0. The van der Waals surface area contributed by atoms with Gasteiger partial charge >= 0.3 is 0 Å². The van der Waals surface area contributed by atoms with Gasteiger partial charge in [-0.25, -0.2) is 4.39 Å². The van der Waals surface area contributed by atoms with Gasteiger partial charge in [0.05, 0.1) is 6.10 Å². The van der Waals surface area contributed by atoms with E-state index in [-0.39, 0.29) is 5.82 Å². The summed E-state index contributed by atoms with van der Waals surface area (Å²) in [5.74, 6) is 0.186. The average Bonchev–Trinajstić information content (AvgIpc) is 2.12. The van der Waals surface area contributed by atoms with Gasteiger partial charge in [0.1, 0.15) is 5.82 Å². The summed E-state index contributed by atoms with van der Waals surface area (Å²) in [4.78, 5) is 0. The van der Waals surface area contributed by atoms with Gasteiger partial charge in [0.2, 0.25) is 0 Å². The van der Waals surface area contributed by atoms with Crippen molar-refractivity contribution in [2.24, 2.45) is 0 Å². The highest BCUT2D eigenvalue weighted by Gasteiger charge is 2.23. The molecular formula is C11H13FO. The van der Waals surface area contributed by atoms with Crippen LogP contribution in [0, 0.1) is 5.82 Å². The maximum absolute atomic E-state index is 12.9. The van der Waals surface area contributed by atoms with Crippen molar-refractivity contribution in [3.05, 3.63) is 35.1 Å².